The summed E-state index contributed by atoms with van der Waals surface area (Å²) in [7, 11) is 0. The monoisotopic (exact) mass is 450 g/mol. The van der Waals surface area contributed by atoms with Crippen LogP contribution in [0, 0.1) is 0 Å². The summed E-state index contributed by atoms with van der Waals surface area (Å²) in [5.41, 5.74) is 15.3. The third-order valence-corrected chi connectivity index (χ3v) is 4.05. The molecule has 0 aromatic carbocycles. The zero-order chi connectivity index (χ0) is 23.4. The average molecular weight is 450 g/mol. The molecule has 14 nitrogen and oxygen atoms in total. The number of aliphatic carboxylic acids is 1. The summed E-state index contributed by atoms with van der Waals surface area (Å²) in [6.45, 7) is -0.700. The Kier molecular flexibility index (Phi) is 12.0. The molecular weight excluding hydrogens is 424 g/mol. The molecule has 170 valence electrons. The van der Waals surface area contributed by atoms with Gasteiger partial charge in [-0.3, -0.25) is 24.0 Å². The molecule has 0 saturated heterocycles. The van der Waals surface area contributed by atoms with E-state index in [2.05, 4.69) is 23.3 Å². The summed E-state index contributed by atoms with van der Waals surface area (Å²) < 4.78 is 0. The van der Waals surface area contributed by atoms with E-state index in [1.807, 2.05) is 5.32 Å². The first-order chi connectivity index (χ1) is 13.9. The van der Waals surface area contributed by atoms with E-state index in [0.717, 1.165) is 0 Å². The maximum atomic E-state index is 12.5. The van der Waals surface area contributed by atoms with Gasteiger partial charge in [0.15, 0.2) is 0 Å². The summed E-state index contributed by atoms with van der Waals surface area (Å²) in [4.78, 5) is 69.7. The maximum Gasteiger partial charge on any atom is 0.326 e. The number of nitrogens with two attached hydrogens (primary N) is 3. The predicted octanol–water partition coefficient (Wildman–Crippen LogP) is -5.08. The van der Waals surface area contributed by atoms with Crippen LogP contribution in [0.4, 0.5) is 0 Å². The van der Waals surface area contributed by atoms with E-state index in [1.165, 1.54) is 0 Å². The van der Waals surface area contributed by atoms with Crippen LogP contribution in [0.5, 0.6) is 0 Å². The molecule has 5 amide bonds. The van der Waals surface area contributed by atoms with Crippen molar-refractivity contribution in [1.29, 1.82) is 0 Å². The Morgan fingerprint density at radius 2 is 1.33 bits per heavy atom. The van der Waals surface area contributed by atoms with E-state index in [-0.39, 0.29) is 18.6 Å². The Hall–Kier alpha value is -2.91. The smallest absolute Gasteiger partial charge is 0.326 e. The fraction of sp³-hybridized carbons (Fsp3) is 0.600. The van der Waals surface area contributed by atoms with Crippen LogP contribution in [0.15, 0.2) is 0 Å². The van der Waals surface area contributed by atoms with Gasteiger partial charge in [-0.25, -0.2) is 4.79 Å². The lowest BCUT2D eigenvalue weighted by Crippen LogP contribution is -2.58. The van der Waals surface area contributed by atoms with E-state index in [4.69, 9.17) is 27.4 Å². The van der Waals surface area contributed by atoms with Gasteiger partial charge in [0, 0.05) is 12.2 Å². The lowest BCUT2D eigenvalue weighted by molar-refractivity contribution is -0.143. The molecule has 0 aliphatic heterocycles. The molecule has 15 heteroatoms. The van der Waals surface area contributed by atoms with Crippen molar-refractivity contribution in [1.82, 2.24) is 16.0 Å². The van der Waals surface area contributed by atoms with Gasteiger partial charge in [-0.1, -0.05) is 0 Å². The number of primary amides is 2. The van der Waals surface area contributed by atoms with Crippen LogP contribution in [0.2, 0.25) is 0 Å². The number of amides is 5. The van der Waals surface area contributed by atoms with Crippen molar-refractivity contribution in [3.63, 3.8) is 0 Å². The van der Waals surface area contributed by atoms with Gasteiger partial charge in [0.25, 0.3) is 0 Å². The van der Waals surface area contributed by atoms with E-state index in [1.54, 1.807) is 0 Å². The van der Waals surface area contributed by atoms with Gasteiger partial charge in [-0.15, -0.1) is 0 Å². The number of aliphatic hydroxyl groups excluding tert-OH is 1. The SMILES string of the molecule is NC(=O)CCC(NC(=O)C(N)CO)C(=O)NC(CS)C(=O)NC(CC(N)=O)C(=O)O. The molecule has 11 N–H and O–H groups in total. The fourth-order valence-corrected chi connectivity index (χ4v) is 2.31. The quantitative estimate of drug-likeness (QED) is 0.114. The number of carboxylic acid groups (broad SMARTS) is 1. The van der Waals surface area contributed by atoms with Crippen LogP contribution in [0.1, 0.15) is 19.3 Å². The molecule has 4 unspecified atom stereocenters. The number of nitrogens with one attached hydrogen (secondary N) is 3. The second-order valence-electron chi connectivity index (χ2n) is 6.17. The van der Waals surface area contributed by atoms with Crippen molar-refractivity contribution in [3.8, 4) is 0 Å². The highest BCUT2D eigenvalue weighted by Gasteiger charge is 2.30. The van der Waals surface area contributed by atoms with Gasteiger partial charge < -0.3 is 43.4 Å². The summed E-state index contributed by atoms with van der Waals surface area (Å²) in [5, 5.41) is 24.5. The Morgan fingerprint density at radius 1 is 0.833 bits per heavy atom. The summed E-state index contributed by atoms with van der Waals surface area (Å²) in [6.07, 6.45) is -1.19. The molecule has 0 fully saturated rings. The second kappa shape index (κ2) is 13.3. The van der Waals surface area contributed by atoms with Crippen LogP contribution in [-0.4, -0.2) is 82.2 Å². The molecular formula is C15H26N6O8S. The highest BCUT2D eigenvalue weighted by atomic mass is 32.1. The van der Waals surface area contributed by atoms with Gasteiger partial charge in [0.2, 0.25) is 29.5 Å². The second-order valence-corrected chi connectivity index (χ2v) is 6.53. The van der Waals surface area contributed by atoms with E-state index < -0.39 is 72.7 Å². The number of thiol groups is 1. The van der Waals surface area contributed by atoms with Gasteiger partial charge in [-0.2, -0.15) is 12.6 Å². The number of rotatable bonds is 14. The molecule has 0 aromatic rings. The van der Waals surface area contributed by atoms with Crippen molar-refractivity contribution in [2.24, 2.45) is 17.2 Å². The predicted molar refractivity (Wildman–Crippen MR) is 105 cm³/mol. The van der Waals surface area contributed by atoms with Gasteiger partial charge in [-0.05, 0) is 6.42 Å². The van der Waals surface area contributed by atoms with Crippen molar-refractivity contribution in [3.05, 3.63) is 0 Å². The van der Waals surface area contributed by atoms with Crippen LogP contribution in [-0.2, 0) is 28.8 Å². The van der Waals surface area contributed by atoms with E-state index in [0.29, 0.717) is 0 Å². The Balaban J connectivity index is 5.26. The van der Waals surface area contributed by atoms with Crippen molar-refractivity contribution in [2.45, 2.75) is 43.4 Å². The minimum atomic E-state index is -1.62. The largest absolute Gasteiger partial charge is 0.480 e. The minimum absolute atomic E-state index is 0.231. The van der Waals surface area contributed by atoms with Crippen LogP contribution in [0.3, 0.4) is 0 Å². The molecule has 30 heavy (non-hydrogen) atoms. The lowest BCUT2D eigenvalue weighted by Gasteiger charge is -2.24. The highest BCUT2D eigenvalue weighted by Crippen LogP contribution is 2.02. The Morgan fingerprint density at radius 3 is 1.77 bits per heavy atom. The van der Waals surface area contributed by atoms with Crippen LogP contribution in [0.25, 0.3) is 0 Å². The first-order valence-electron chi connectivity index (χ1n) is 8.60. The number of carbonyl (C=O) groups excluding carboxylic acids is 5. The number of hydrogen-bond donors (Lipinski definition) is 9. The standard InChI is InChI=1S/C15H26N6O8S/c16-6(4-22)12(25)19-7(1-2-10(17)23)13(26)21-9(5-30)14(27)20-8(15(28)29)3-11(18)24/h6-9,22,30H,1-5,16H2,(H2,17,23)(H2,18,24)(H,19,25)(H,20,27)(H,21,26)(H,28,29). The Bertz CT molecular complexity index is 676. The highest BCUT2D eigenvalue weighted by molar-refractivity contribution is 7.80. The topological polar surface area (TPSA) is 257 Å². The van der Waals surface area contributed by atoms with Gasteiger partial charge in [0.1, 0.15) is 24.2 Å². The molecule has 0 radical (unpaired) electrons. The molecule has 0 aromatic heterocycles. The number of carbonyl (C=O) groups is 6. The molecule has 0 aliphatic rings. The van der Waals surface area contributed by atoms with Crippen molar-refractivity contribution in [2.75, 3.05) is 12.4 Å². The minimum Gasteiger partial charge on any atom is -0.480 e. The van der Waals surface area contributed by atoms with Crippen LogP contribution < -0.4 is 33.2 Å². The third-order valence-electron chi connectivity index (χ3n) is 3.68. The van der Waals surface area contributed by atoms with Gasteiger partial charge in [0.05, 0.1) is 13.0 Å². The Labute approximate surface area is 176 Å². The lowest BCUT2D eigenvalue weighted by atomic mass is 10.1. The molecule has 0 saturated carbocycles. The van der Waals surface area contributed by atoms with Crippen LogP contribution >= 0.6 is 12.6 Å². The fourth-order valence-electron chi connectivity index (χ4n) is 2.06. The van der Waals surface area contributed by atoms with Gasteiger partial charge >= 0.3 is 5.97 Å². The van der Waals surface area contributed by atoms with E-state index >= 15 is 0 Å². The zero-order valence-electron chi connectivity index (χ0n) is 15.9. The average Bonchev–Trinajstić information content (AvgIpc) is 2.66. The molecule has 0 heterocycles. The third kappa shape index (κ3) is 10.0. The first-order valence-corrected chi connectivity index (χ1v) is 9.23. The first kappa shape index (κ1) is 27.1. The molecule has 0 spiro atoms. The summed E-state index contributed by atoms with van der Waals surface area (Å²) in [6, 6.07) is -5.64. The summed E-state index contributed by atoms with van der Waals surface area (Å²) >= 11 is 3.92. The van der Waals surface area contributed by atoms with Crippen molar-refractivity contribution < 1.29 is 39.0 Å². The normalized spacial score (nSPS) is 14.5. The number of carboxylic acids is 1. The van der Waals surface area contributed by atoms with E-state index in [9.17, 15) is 28.8 Å². The number of aliphatic hydroxyl groups is 1. The molecule has 0 aliphatic carbocycles. The number of hydrogen-bond acceptors (Lipinski definition) is 9. The van der Waals surface area contributed by atoms with Crippen molar-refractivity contribution >= 4 is 48.1 Å². The summed E-state index contributed by atoms with van der Waals surface area (Å²) in [5.74, 6) is -6.29. The maximum absolute atomic E-state index is 12.5. The zero-order valence-corrected chi connectivity index (χ0v) is 16.8. The molecule has 0 bridgehead atoms. The molecule has 4 atom stereocenters. The molecule has 0 rings (SSSR count).